The predicted octanol–water partition coefficient (Wildman–Crippen LogP) is 0.677. The Morgan fingerprint density at radius 1 is 1.62 bits per heavy atom. The number of carbonyl (C=O) groups excluding carboxylic acids is 1. The van der Waals surface area contributed by atoms with E-state index in [4.69, 9.17) is 0 Å². The zero-order valence-electron chi connectivity index (χ0n) is 8.18. The van der Waals surface area contributed by atoms with Crippen LogP contribution in [0.25, 0.3) is 0 Å². The van der Waals surface area contributed by atoms with Crippen LogP contribution in [0.4, 0.5) is 0 Å². The van der Waals surface area contributed by atoms with Crippen molar-refractivity contribution in [2.45, 2.75) is 25.8 Å². The van der Waals surface area contributed by atoms with Gasteiger partial charge in [-0.15, -0.1) is 0 Å². The monoisotopic (exact) mass is 182 g/mol. The van der Waals surface area contributed by atoms with Crippen molar-refractivity contribution in [1.29, 1.82) is 0 Å². The second-order valence-electron chi connectivity index (χ2n) is 3.55. The van der Waals surface area contributed by atoms with Crippen molar-refractivity contribution in [3.05, 3.63) is 12.7 Å². The minimum atomic E-state index is -0.0492. The minimum absolute atomic E-state index is 0.0492. The minimum Gasteiger partial charge on any atom is -0.350 e. The smallest absolute Gasteiger partial charge is 0.243 e. The molecule has 0 spiro atoms. The Labute approximate surface area is 79.6 Å². The predicted molar refractivity (Wildman–Crippen MR) is 53.4 cm³/mol. The summed E-state index contributed by atoms with van der Waals surface area (Å²) in [6, 6.07) is 0.383. The summed E-state index contributed by atoms with van der Waals surface area (Å²) in [7, 11) is 0. The van der Waals surface area contributed by atoms with Crippen molar-refractivity contribution in [3.63, 3.8) is 0 Å². The van der Waals surface area contributed by atoms with Crippen molar-refractivity contribution in [3.8, 4) is 0 Å². The molecule has 13 heavy (non-hydrogen) atoms. The standard InChI is InChI=1S/C10H18N2O/c1-3-10(13)12-9-5-8(6-9)7-11-4-2/h3,8-9,11H,1,4-7H2,2H3,(H,12,13)/t8-,9+. The molecular weight excluding hydrogens is 164 g/mol. The maximum atomic E-state index is 10.9. The topological polar surface area (TPSA) is 41.1 Å². The van der Waals surface area contributed by atoms with Crippen LogP contribution in [0, 0.1) is 5.92 Å². The lowest BCUT2D eigenvalue weighted by atomic mass is 9.80. The molecule has 0 radical (unpaired) electrons. The Bertz CT molecular complexity index is 185. The average Bonchev–Trinajstić information content (AvgIpc) is 2.08. The van der Waals surface area contributed by atoms with Gasteiger partial charge in [0.15, 0.2) is 0 Å². The summed E-state index contributed by atoms with van der Waals surface area (Å²) in [6.07, 6.45) is 3.54. The van der Waals surface area contributed by atoms with Crippen LogP contribution in [0.15, 0.2) is 12.7 Å². The van der Waals surface area contributed by atoms with E-state index in [9.17, 15) is 4.79 Å². The van der Waals surface area contributed by atoms with Gasteiger partial charge in [-0.25, -0.2) is 0 Å². The van der Waals surface area contributed by atoms with Gasteiger partial charge in [0.1, 0.15) is 0 Å². The van der Waals surface area contributed by atoms with Gasteiger partial charge in [0.25, 0.3) is 0 Å². The number of amides is 1. The highest BCUT2D eigenvalue weighted by Crippen LogP contribution is 2.26. The molecular formula is C10H18N2O. The van der Waals surface area contributed by atoms with Crippen LogP contribution in [-0.4, -0.2) is 25.0 Å². The molecule has 1 amide bonds. The molecule has 1 saturated carbocycles. The van der Waals surface area contributed by atoms with E-state index in [1.165, 1.54) is 6.08 Å². The molecule has 3 nitrogen and oxygen atoms in total. The maximum absolute atomic E-state index is 10.9. The second kappa shape index (κ2) is 5.02. The molecule has 0 aromatic heterocycles. The van der Waals surface area contributed by atoms with Crippen LogP contribution in [0.2, 0.25) is 0 Å². The van der Waals surface area contributed by atoms with Crippen molar-refractivity contribution in [1.82, 2.24) is 10.6 Å². The van der Waals surface area contributed by atoms with Crippen LogP contribution in [-0.2, 0) is 4.79 Å². The lowest BCUT2D eigenvalue weighted by Crippen LogP contribution is -2.46. The molecule has 74 valence electrons. The van der Waals surface area contributed by atoms with E-state index in [0.717, 1.165) is 31.8 Å². The summed E-state index contributed by atoms with van der Waals surface area (Å²) < 4.78 is 0. The van der Waals surface area contributed by atoms with E-state index in [1.54, 1.807) is 0 Å². The number of rotatable bonds is 5. The third-order valence-corrected chi connectivity index (χ3v) is 2.45. The first kappa shape index (κ1) is 10.3. The molecule has 0 bridgehead atoms. The van der Waals surface area contributed by atoms with Gasteiger partial charge in [-0.3, -0.25) is 4.79 Å². The van der Waals surface area contributed by atoms with Gasteiger partial charge < -0.3 is 10.6 Å². The van der Waals surface area contributed by atoms with Gasteiger partial charge in [0.2, 0.25) is 5.91 Å². The van der Waals surface area contributed by atoms with Gasteiger partial charge in [0.05, 0.1) is 0 Å². The van der Waals surface area contributed by atoms with Gasteiger partial charge in [-0.1, -0.05) is 13.5 Å². The van der Waals surface area contributed by atoms with Gasteiger partial charge in [-0.05, 0) is 37.9 Å². The van der Waals surface area contributed by atoms with E-state index in [0.29, 0.717) is 6.04 Å². The molecule has 1 aliphatic rings. The van der Waals surface area contributed by atoms with E-state index in [1.807, 2.05) is 0 Å². The normalized spacial score (nSPS) is 26.2. The van der Waals surface area contributed by atoms with E-state index < -0.39 is 0 Å². The number of carbonyl (C=O) groups is 1. The molecule has 3 heteroatoms. The van der Waals surface area contributed by atoms with Gasteiger partial charge in [0, 0.05) is 6.04 Å². The average molecular weight is 182 g/mol. The number of nitrogens with one attached hydrogen (secondary N) is 2. The number of hydrogen-bond donors (Lipinski definition) is 2. The molecule has 1 aliphatic carbocycles. The van der Waals surface area contributed by atoms with Crippen LogP contribution in [0.1, 0.15) is 19.8 Å². The highest BCUT2D eigenvalue weighted by Gasteiger charge is 2.28. The molecule has 0 aromatic carbocycles. The summed E-state index contributed by atoms with van der Waals surface area (Å²) in [5.74, 6) is 0.696. The van der Waals surface area contributed by atoms with E-state index in [2.05, 4.69) is 24.1 Å². The van der Waals surface area contributed by atoms with Crippen LogP contribution < -0.4 is 10.6 Å². The third kappa shape index (κ3) is 3.19. The highest BCUT2D eigenvalue weighted by atomic mass is 16.1. The zero-order valence-corrected chi connectivity index (χ0v) is 8.18. The van der Waals surface area contributed by atoms with Crippen LogP contribution >= 0.6 is 0 Å². The Kier molecular flexibility index (Phi) is 3.96. The molecule has 2 N–H and O–H groups in total. The first-order valence-corrected chi connectivity index (χ1v) is 4.90. The number of hydrogen-bond acceptors (Lipinski definition) is 2. The highest BCUT2D eigenvalue weighted by molar-refractivity contribution is 5.87. The summed E-state index contributed by atoms with van der Waals surface area (Å²) in [6.45, 7) is 7.63. The zero-order chi connectivity index (χ0) is 9.68. The third-order valence-electron chi connectivity index (χ3n) is 2.45. The Balaban J connectivity index is 2.04. The first-order valence-electron chi connectivity index (χ1n) is 4.90. The molecule has 0 aromatic rings. The summed E-state index contributed by atoms with van der Waals surface area (Å²) in [5.41, 5.74) is 0. The SMILES string of the molecule is C=CC(=O)N[C@H]1C[C@@H](CNCC)C1. The molecule has 0 saturated heterocycles. The molecule has 0 heterocycles. The van der Waals surface area contributed by atoms with Gasteiger partial charge in [-0.2, -0.15) is 0 Å². The van der Waals surface area contributed by atoms with Crippen LogP contribution in [0.5, 0.6) is 0 Å². The molecule has 0 aliphatic heterocycles. The quantitative estimate of drug-likeness (QED) is 0.614. The largest absolute Gasteiger partial charge is 0.350 e. The van der Waals surface area contributed by atoms with E-state index >= 15 is 0 Å². The Morgan fingerprint density at radius 3 is 2.85 bits per heavy atom. The summed E-state index contributed by atoms with van der Waals surface area (Å²) >= 11 is 0. The lowest BCUT2D eigenvalue weighted by molar-refractivity contribution is -0.117. The van der Waals surface area contributed by atoms with Crippen molar-refractivity contribution < 1.29 is 4.79 Å². The Morgan fingerprint density at radius 2 is 2.31 bits per heavy atom. The van der Waals surface area contributed by atoms with Gasteiger partial charge >= 0.3 is 0 Å². The van der Waals surface area contributed by atoms with Crippen molar-refractivity contribution >= 4 is 5.91 Å². The van der Waals surface area contributed by atoms with Crippen LogP contribution in [0.3, 0.4) is 0 Å². The Hall–Kier alpha value is -0.830. The lowest BCUT2D eigenvalue weighted by Gasteiger charge is -2.35. The molecule has 0 atom stereocenters. The fourth-order valence-electron chi connectivity index (χ4n) is 1.63. The molecule has 0 unspecified atom stereocenters. The van der Waals surface area contributed by atoms with Crippen molar-refractivity contribution in [2.75, 3.05) is 13.1 Å². The van der Waals surface area contributed by atoms with Crippen molar-refractivity contribution in [2.24, 2.45) is 5.92 Å². The second-order valence-corrected chi connectivity index (χ2v) is 3.55. The van der Waals surface area contributed by atoms with E-state index in [-0.39, 0.29) is 5.91 Å². The molecule has 1 fully saturated rings. The summed E-state index contributed by atoms with van der Waals surface area (Å²) in [5, 5.41) is 6.19. The fourth-order valence-corrected chi connectivity index (χ4v) is 1.63. The maximum Gasteiger partial charge on any atom is 0.243 e. The fraction of sp³-hybridized carbons (Fsp3) is 0.700. The summed E-state index contributed by atoms with van der Waals surface area (Å²) in [4.78, 5) is 10.9. The molecule has 1 rings (SSSR count). The first-order chi connectivity index (χ1) is 6.26.